The molecule has 1 amide bonds. The van der Waals surface area contributed by atoms with Crippen LogP contribution >= 0.6 is 12.2 Å². The van der Waals surface area contributed by atoms with E-state index in [4.69, 9.17) is 18.0 Å². The van der Waals surface area contributed by atoms with Gasteiger partial charge in [0.05, 0.1) is 10.9 Å². The highest BCUT2D eigenvalue weighted by molar-refractivity contribution is 7.80. The number of carbonyl (C=O) groups excluding carboxylic acids is 1. The van der Waals surface area contributed by atoms with Gasteiger partial charge < -0.3 is 11.1 Å². The first-order valence-corrected chi connectivity index (χ1v) is 6.47. The minimum Gasteiger partial charge on any atom is -0.393 e. The lowest BCUT2D eigenvalue weighted by Crippen LogP contribution is -2.41. The lowest BCUT2D eigenvalue weighted by molar-refractivity contribution is -0.123. The highest BCUT2D eigenvalue weighted by Gasteiger charge is 2.24. The third kappa shape index (κ3) is 4.44. The number of aromatic nitrogens is 2. The normalized spacial score (nSPS) is 12.4. The predicted octanol–water partition coefficient (Wildman–Crippen LogP) is 0.948. The zero-order chi connectivity index (χ0) is 13.5. The molecule has 0 aliphatic rings. The van der Waals surface area contributed by atoms with Crippen molar-refractivity contribution in [1.29, 1.82) is 0 Å². The topological polar surface area (TPSA) is 72.9 Å². The SMILES string of the molecule is CC(C)C(C(=O)NCCCn1cccn1)C(N)=S. The van der Waals surface area contributed by atoms with Crippen LogP contribution in [0.5, 0.6) is 0 Å². The summed E-state index contributed by atoms with van der Waals surface area (Å²) >= 11 is 4.92. The highest BCUT2D eigenvalue weighted by Crippen LogP contribution is 2.11. The van der Waals surface area contributed by atoms with Crippen LogP contribution in [0.3, 0.4) is 0 Å². The van der Waals surface area contributed by atoms with Crippen molar-refractivity contribution in [2.24, 2.45) is 17.6 Å². The van der Waals surface area contributed by atoms with Crippen molar-refractivity contribution in [3.8, 4) is 0 Å². The molecule has 0 saturated heterocycles. The number of aryl methyl sites for hydroxylation is 1. The average molecular weight is 268 g/mol. The van der Waals surface area contributed by atoms with Gasteiger partial charge in [-0.25, -0.2) is 0 Å². The van der Waals surface area contributed by atoms with Crippen LogP contribution in [0.1, 0.15) is 20.3 Å². The molecule has 0 aliphatic carbocycles. The first-order valence-electron chi connectivity index (χ1n) is 6.07. The highest BCUT2D eigenvalue weighted by atomic mass is 32.1. The van der Waals surface area contributed by atoms with Gasteiger partial charge in [-0.1, -0.05) is 26.1 Å². The molecule has 5 nitrogen and oxygen atoms in total. The number of amides is 1. The van der Waals surface area contributed by atoms with E-state index in [2.05, 4.69) is 10.4 Å². The van der Waals surface area contributed by atoms with Crippen LogP contribution in [0.4, 0.5) is 0 Å². The van der Waals surface area contributed by atoms with Gasteiger partial charge in [0.2, 0.25) is 5.91 Å². The average Bonchev–Trinajstić information content (AvgIpc) is 2.76. The largest absolute Gasteiger partial charge is 0.393 e. The van der Waals surface area contributed by atoms with E-state index < -0.39 is 0 Å². The van der Waals surface area contributed by atoms with E-state index in [1.54, 1.807) is 6.20 Å². The number of nitrogens with two attached hydrogens (primary N) is 1. The molecule has 0 spiro atoms. The van der Waals surface area contributed by atoms with Gasteiger partial charge in [-0.15, -0.1) is 0 Å². The summed E-state index contributed by atoms with van der Waals surface area (Å²) in [7, 11) is 0. The van der Waals surface area contributed by atoms with Gasteiger partial charge >= 0.3 is 0 Å². The second-order valence-corrected chi connectivity index (χ2v) is 5.01. The number of nitrogens with zero attached hydrogens (tertiary/aromatic N) is 2. The fourth-order valence-electron chi connectivity index (χ4n) is 1.76. The zero-order valence-electron chi connectivity index (χ0n) is 10.8. The quantitative estimate of drug-likeness (QED) is 0.570. The minimum absolute atomic E-state index is 0.0852. The Balaban J connectivity index is 2.29. The summed E-state index contributed by atoms with van der Waals surface area (Å²) in [5, 5.41) is 6.95. The Hall–Kier alpha value is -1.43. The number of hydrogen-bond donors (Lipinski definition) is 2. The van der Waals surface area contributed by atoms with Crippen molar-refractivity contribution in [3.05, 3.63) is 18.5 Å². The molecule has 1 heterocycles. The van der Waals surface area contributed by atoms with Crippen LogP contribution in [-0.4, -0.2) is 27.2 Å². The molecule has 1 rings (SSSR count). The molecule has 1 aromatic heterocycles. The molecule has 0 bridgehead atoms. The summed E-state index contributed by atoms with van der Waals surface area (Å²) in [5.74, 6) is -0.351. The molecule has 1 atom stereocenters. The monoisotopic (exact) mass is 268 g/mol. The minimum atomic E-state index is -0.385. The predicted molar refractivity (Wildman–Crippen MR) is 75.0 cm³/mol. The molecule has 0 radical (unpaired) electrons. The fraction of sp³-hybridized carbons (Fsp3) is 0.583. The van der Waals surface area contributed by atoms with Crippen molar-refractivity contribution in [2.75, 3.05) is 6.54 Å². The first kappa shape index (κ1) is 14.6. The lowest BCUT2D eigenvalue weighted by atomic mass is 9.95. The molecule has 100 valence electrons. The molecule has 0 fully saturated rings. The number of nitrogens with one attached hydrogen (secondary N) is 1. The molecule has 0 saturated carbocycles. The van der Waals surface area contributed by atoms with Crippen LogP contribution in [0.2, 0.25) is 0 Å². The summed E-state index contributed by atoms with van der Waals surface area (Å²) in [6.07, 6.45) is 4.46. The molecular formula is C12H20N4OS. The molecule has 18 heavy (non-hydrogen) atoms. The summed E-state index contributed by atoms with van der Waals surface area (Å²) in [6.45, 7) is 5.26. The molecule has 6 heteroatoms. The summed E-state index contributed by atoms with van der Waals surface area (Å²) in [5.41, 5.74) is 5.58. The second-order valence-electron chi connectivity index (χ2n) is 4.54. The van der Waals surface area contributed by atoms with Gasteiger partial charge in [0.25, 0.3) is 0 Å². The zero-order valence-corrected chi connectivity index (χ0v) is 11.6. The molecule has 1 unspecified atom stereocenters. The van der Waals surface area contributed by atoms with Gasteiger partial charge in [-0.3, -0.25) is 9.48 Å². The maximum Gasteiger partial charge on any atom is 0.230 e. The smallest absolute Gasteiger partial charge is 0.230 e. The van der Waals surface area contributed by atoms with E-state index in [-0.39, 0.29) is 22.7 Å². The van der Waals surface area contributed by atoms with E-state index in [1.807, 2.05) is 30.8 Å². The summed E-state index contributed by atoms with van der Waals surface area (Å²) in [4.78, 5) is 12.1. The Morgan fingerprint density at radius 3 is 2.78 bits per heavy atom. The van der Waals surface area contributed by atoms with Crippen LogP contribution in [-0.2, 0) is 11.3 Å². The van der Waals surface area contributed by atoms with E-state index in [0.29, 0.717) is 6.54 Å². The van der Waals surface area contributed by atoms with Crippen LogP contribution in [0, 0.1) is 11.8 Å². The van der Waals surface area contributed by atoms with Crippen LogP contribution in [0.25, 0.3) is 0 Å². The Kier molecular flexibility index (Phi) is 5.77. The summed E-state index contributed by atoms with van der Waals surface area (Å²) in [6, 6.07) is 1.88. The molecule has 1 aromatic rings. The number of carbonyl (C=O) groups is 1. The van der Waals surface area contributed by atoms with Gasteiger partial charge in [0.1, 0.15) is 0 Å². The lowest BCUT2D eigenvalue weighted by Gasteiger charge is -2.18. The van der Waals surface area contributed by atoms with Gasteiger partial charge in [0.15, 0.2) is 0 Å². The van der Waals surface area contributed by atoms with Crippen molar-refractivity contribution in [3.63, 3.8) is 0 Å². The van der Waals surface area contributed by atoms with Gasteiger partial charge in [-0.2, -0.15) is 5.10 Å². The van der Waals surface area contributed by atoms with E-state index in [9.17, 15) is 4.79 Å². The standard InChI is InChI=1S/C12H20N4OS/c1-9(2)10(11(13)18)12(17)14-5-3-7-16-8-4-6-15-16/h4,6,8-10H,3,5,7H2,1-2H3,(H2,13,18)(H,14,17). The van der Waals surface area contributed by atoms with Crippen LogP contribution < -0.4 is 11.1 Å². The van der Waals surface area contributed by atoms with Gasteiger partial charge in [-0.05, 0) is 18.4 Å². The Morgan fingerprint density at radius 2 is 2.28 bits per heavy atom. The second kappa shape index (κ2) is 7.10. The first-order chi connectivity index (χ1) is 8.52. The van der Waals surface area contributed by atoms with Crippen LogP contribution in [0.15, 0.2) is 18.5 Å². The Bertz CT molecular complexity index is 389. The molecular weight excluding hydrogens is 248 g/mol. The van der Waals surface area contributed by atoms with Crippen molar-refractivity contribution >= 4 is 23.1 Å². The third-order valence-corrected chi connectivity index (χ3v) is 2.93. The fourth-order valence-corrected chi connectivity index (χ4v) is 2.14. The molecule has 0 aromatic carbocycles. The van der Waals surface area contributed by atoms with Crippen molar-refractivity contribution in [1.82, 2.24) is 15.1 Å². The van der Waals surface area contributed by atoms with E-state index >= 15 is 0 Å². The maximum atomic E-state index is 11.9. The maximum absolute atomic E-state index is 11.9. The summed E-state index contributed by atoms with van der Waals surface area (Å²) < 4.78 is 1.83. The van der Waals surface area contributed by atoms with Crippen molar-refractivity contribution < 1.29 is 4.79 Å². The number of rotatable bonds is 7. The van der Waals surface area contributed by atoms with Crippen molar-refractivity contribution in [2.45, 2.75) is 26.8 Å². The molecule has 3 N–H and O–H groups in total. The third-order valence-electron chi connectivity index (χ3n) is 2.68. The van der Waals surface area contributed by atoms with E-state index in [1.165, 1.54) is 0 Å². The number of thiocarbonyl (C=S) groups is 1. The Morgan fingerprint density at radius 1 is 1.56 bits per heavy atom. The Labute approximate surface area is 113 Å². The number of hydrogen-bond acceptors (Lipinski definition) is 3. The molecule has 0 aliphatic heterocycles. The van der Waals surface area contributed by atoms with Gasteiger partial charge in [0, 0.05) is 25.5 Å². The van der Waals surface area contributed by atoms with E-state index in [0.717, 1.165) is 13.0 Å².